The molecule has 0 atom stereocenters. The number of hydrogen-bond acceptors (Lipinski definition) is 3. The Morgan fingerprint density at radius 3 is 2.47 bits per heavy atom. The molecular formula is C12H10F3N3O. The highest BCUT2D eigenvalue weighted by atomic mass is 19.4. The molecule has 100 valence electrons. The molecule has 0 fully saturated rings. The van der Waals surface area contributed by atoms with Gasteiger partial charge in [0.25, 0.3) is 5.56 Å². The van der Waals surface area contributed by atoms with E-state index >= 15 is 0 Å². The third-order valence-electron chi connectivity index (χ3n) is 2.70. The largest absolute Gasteiger partial charge is 0.417 e. The number of nitrogens with two attached hydrogens (primary N) is 1. The van der Waals surface area contributed by atoms with Gasteiger partial charge in [0.1, 0.15) is 5.69 Å². The van der Waals surface area contributed by atoms with E-state index in [2.05, 4.69) is 5.10 Å². The van der Waals surface area contributed by atoms with E-state index in [1.165, 1.54) is 25.2 Å². The molecule has 0 saturated heterocycles. The van der Waals surface area contributed by atoms with Crippen molar-refractivity contribution in [2.75, 3.05) is 5.73 Å². The fraction of sp³-hybridized carbons (Fsp3) is 0.167. The van der Waals surface area contributed by atoms with Crippen molar-refractivity contribution in [3.05, 3.63) is 46.4 Å². The molecule has 1 aromatic carbocycles. The average molecular weight is 269 g/mol. The summed E-state index contributed by atoms with van der Waals surface area (Å²) in [6.07, 6.45) is -3.37. The van der Waals surface area contributed by atoms with Gasteiger partial charge < -0.3 is 5.73 Å². The lowest BCUT2D eigenvalue weighted by molar-refractivity contribution is -0.137. The molecule has 4 nitrogen and oxygen atoms in total. The highest BCUT2D eigenvalue weighted by Crippen LogP contribution is 2.37. The van der Waals surface area contributed by atoms with E-state index < -0.39 is 17.3 Å². The summed E-state index contributed by atoms with van der Waals surface area (Å²) in [5.74, 6) is 0. The van der Waals surface area contributed by atoms with Gasteiger partial charge in [-0.15, -0.1) is 0 Å². The fourth-order valence-electron chi connectivity index (χ4n) is 1.74. The SMILES string of the molecule is Cn1ncc(-c2ccccc2C(F)(F)F)c(N)c1=O. The van der Waals surface area contributed by atoms with Crippen molar-refractivity contribution in [1.29, 1.82) is 0 Å². The van der Waals surface area contributed by atoms with E-state index in [-0.39, 0.29) is 16.8 Å². The number of nitrogen functional groups attached to an aromatic ring is 1. The van der Waals surface area contributed by atoms with Gasteiger partial charge in [0, 0.05) is 12.6 Å². The Morgan fingerprint density at radius 2 is 1.84 bits per heavy atom. The van der Waals surface area contributed by atoms with E-state index in [9.17, 15) is 18.0 Å². The topological polar surface area (TPSA) is 60.9 Å². The molecule has 19 heavy (non-hydrogen) atoms. The number of aromatic nitrogens is 2. The number of halogens is 3. The Labute approximate surface area is 106 Å². The van der Waals surface area contributed by atoms with Crippen LogP contribution in [-0.4, -0.2) is 9.78 Å². The van der Waals surface area contributed by atoms with E-state index in [0.717, 1.165) is 16.9 Å². The molecule has 1 heterocycles. The van der Waals surface area contributed by atoms with Crippen LogP contribution in [-0.2, 0) is 13.2 Å². The molecule has 0 spiro atoms. The zero-order chi connectivity index (χ0) is 14.2. The quantitative estimate of drug-likeness (QED) is 0.861. The Morgan fingerprint density at radius 1 is 1.21 bits per heavy atom. The summed E-state index contributed by atoms with van der Waals surface area (Å²) < 4.78 is 39.7. The number of alkyl halides is 3. The maximum Gasteiger partial charge on any atom is 0.417 e. The number of rotatable bonds is 1. The van der Waals surface area contributed by atoms with Gasteiger partial charge in [-0.3, -0.25) is 4.79 Å². The molecule has 2 aromatic rings. The van der Waals surface area contributed by atoms with E-state index in [1.807, 2.05) is 0 Å². The second kappa shape index (κ2) is 4.42. The standard InChI is InChI=1S/C12H10F3N3O/c1-18-11(19)10(16)8(6-17-18)7-4-2-3-5-9(7)12(13,14)15/h2-6H,16H2,1H3. The molecule has 7 heteroatoms. The molecule has 0 unspecified atom stereocenters. The van der Waals surface area contributed by atoms with Crippen LogP contribution in [0.3, 0.4) is 0 Å². The van der Waals surface area contributed by atoms with Gasteiger partial charge in [-0.2, -0.15) is 18.3 Å². The number of aryl methyl sites for hydroxylation is 1. The fourth-order valence-corrected chi connectivity index (χ4v) is 1.74. The van der Waals surface area contributed by atoms with Crippen molar-refractivity contribution in [2.45, 2.75) is 6.18 Å². The summed E-state index contributed by atoms with van der Waals surface area (Å²) in [6, 6.07) is 4.92. The van der Waals surface area contributed by atoms with Crippen LogP contribution in [0, 0.1) is 0 Å². The number of hydrogen-bond donors (Lipinski definition) is 1. The normalized spacial score (nSPS) is 11.6. The molecule has 0 aliphatic heterocycles. The van der Waals surface area contributed by atoms with Gasteiger partial charge in [0.2, 0.25) is 0 Å². The zero-order valence-corrected chi connectivity index (χ0v) is 9.90. The van der Waals surface area contributed by atoms with Crippen molar-refractivity contribution in [1.82, 2.24) is 9.78 Å². The Balaban J connectivity index is 2.74. The van der Waals surface area contributed by atoms with Crippen molar-refractivity contribution >= 4 is 5.69 Å². The second-order valence-electron chi connectivity index (χ2n) is 3.94. The molecule has 0 aliphatic rings. The Kier molecular flexibility index (Phi) is 3.05. The smallest absolute Gasteiger partial charge is 0.394 e. The van der Waals surface area contributed by atoms with Gasteiger partial charge in [0.05, 0.1) is 11.8 Å². The second-order valence-corrected chi connectivity index (χ2v) is 3.94. The summed E-state index contributed by atoms with van der Waals surface area (Å²) in [6.45, 7) is 0. The van der Waals surface area contributed by atoms with Crippen LogP contribution in [0.4, 0.5) is 18.9 Å². The molecule has 0 amide bonds. The van der Waals surface area contributed by atoms with Crippen LogP contribution in [0.1, 0.15) is 5.56 Å². The van der Waals surface area contributed by atoms with Gasteiger partial charge >= 0.3 is 6.18 Å². The first kappa shape index (κ1) is 13.1. The van der Waals surface area contributed by atoms with Gasteiger partial charge in [-0.05, 0) is 11.6 Å². The predicted molar refractivity (Wildman–Crippen MR) is 64.3 cm³/mol. The maximum atomic E-state index is 12.9. The third-order valence-corrected chi connectivity index (χ3v) is 2.70. The predicted octanol–water partition coefficient (Wildman–Crippen LogP) is 2.05. The summed E-state index contributed by atoms with van der Waals surface area (Å²) >= 11 is 0. The molecule has 1 aromatic heterocycles. The zero-order valence-electron chi connectivity index (χ0n) is 9.90. The lowest BCUT2D eigenvalue weighted by atomic mass is 10.00. The van der Waals surface area contributed by atoms with Crippen LogP contribution < -0.4 is 11.3 Å². The Bertz CT molecular complexity index is 677. The van der Waals surface area contributed by atoms with Gasteiger partial charge in [-0.25, -0.2) is 4.68 Å². The molecule has 0 aliphatic carbocycles. The van der Waals surface area contributed by atoms with Crippen molar-refractivity contribution < 1.29 is 13.2 Å². The van der Waals surface area contributed by atoms with Crippen molar-refractivity contribution in [3.63, 3.8) is 0 Å². The summed E-state index contributed by atoms with van der Waals surface area (Å²) in [5.41, 5.74) is 3.68. The third kappa shape index (κ3) is 2.31. The first-order chi connectivity index (χ1) is 8.82. The number of anilines is 1. The summed E-state index contributed by atoms with van der Waals surface area (Å²) in [4.78, 5) is 11.6. The molecule has 2 rings (SSSR count). The van der Waals surface area contributed by atoms with Crippen LogP contribution in [0.25, 0.3) is 11.1 Å². The number of nitrogens with zero attached hydrogens (tertiary/aromatic N) is 2. The van der Waals surface area contributed by atoms with E-state index in [0.29, 0.717) is 0 Å². The highest BCUT2D eigenvalue weighted by Gasteiger charge is 2.33. The first-order valence-electron chi connectivity index (χ1n) is 5.30. The minimum absolute atomic E-state index is 0.0176. The molecule has 0 radical (unpaired) electrons. The van der Waals surface area contributed by atoms with Gasteiger partial charge in [-0.1, -0.05) is 18.2 Å². The lowest BCUT2D eigenvalue weighted by Crippen LogP contribution is -2.23. The van der Waals surface area contributed by atoms with Crippen molar-refractivity contribution in [2.24, 2.45) is 7.05 Å². The molecule has 0 saturated carbocycles. The van der Waals surface area contributed by atoms with Crippen molar-refractivity contribution in [3.8, 4) is 11.1 Å². The molecule has 0 bridgehead atoms. The monoisotopic (exact) mass is 269 g/mol. The van der Waals surface area contributed by atoms with Crippen LogP contribution in [0.2, 0.25) is 0 Å². The lowest BCUT2D eigenvalue weighted by Gasteiger charge is -2.13. The highest BCUT2D eigenvalue weighted by molar-refractivity contribution is 5.77. The van der Waals surface area contributed by atoms with Crippen LogP contribution in [0.15, 0.2) is 35.3 Å². The Hall–Kier alpha value is -2.31. The number of benzene rings is 1. The molecule has 2 N–H and O–H groups in total. The summed E-state index contributed by atoms with van der Waals surface area (Å²) in [7, 11) is 1.37. The molecular weight excluding hydrogens is 259 g/mol. The maximum absolute atomic E-state index is 12.9. The average Bonchev–Trinajstić information content (AvgIpc) is 2.35. The van der Waals surface area contributed by atoms with E-state index in [4.69, 9.17) is 5.73 Å². The minimum atomic E-state index is -4.52. The van der Waals surface area contributed by atoms with Crippen LogP contribution in [0.5, 0.6) is 0 Å². The first-order valence-corrected chi connectivity index (χ1v) is 5.30. The minimum Gasteiger partial charge on any atom is -0.394 e. The van der Waals surface area contributed by atoms with Crippen LogP contribution >= 0.6 is 0 Å². The van der Waals surface area contributed by atoms with E-state index in [1.54, 1.807) is 0 Å². The van der Waals surface area contributed by atoms with Gasteiger partial charge in [0.15, 0.2) is 0 Å². The summed E-state index contributed by atoms with van der Waals surface area (Å²) in [5, 5.41) is 3.70.